The van der Waals surface area contributed by atoms with Crippen molar-refractivity contribution in [2.75, 3.05) is 6.61 Å². The average molecular weight is 238 g/mol. The van der Waals surface area contributed by atoms with Crippen molar-refractivity contribution in [1.29, 1.82) is 0 Å². The lowest BCUT2D eigenvalue weighted by atomic mass is 9.85. The van der Waals surface area contributed by atoms with Crippen LogP contribution in [0.5, 0.6) is 0 Å². The van der Waals surface area contributed by atoms with Crippen LogP contribution in [0.1, 0.15) is 57.8 Å². The van der Waals surface area contributed by atoms with Gasteiger partial charge < -0.3 is 4.74 Å². The van der Waals surface area contributed by atoms with E-state index in [9.17, 15) is 0 Å². The van der Waals surface area contributed by atoms with Crippen LogP contribution in [-0.4, -0.2) is 12.6 Å². The van der Waals surface area contributed by atoms with E-state index in [4.69, 9.17) is 10.6 Å². The summed E-state index contributed by atoms with van der Waals surface area (Å²) in [5.41, 5.74) is 2.92. The minimum atomic E-state index is 0.234. The maximum Gasteiger partial charge on any atom is 0.110 e. The maximum absolute atomic E-state index is 5.69. The molecule has 0 saturated heterocycles. The van der Waals surface area contributed by atoms with Crippen LogP contribution >= 0.6 is 0 Å². The molecule has 2 rings (SSSR count). The largest absolute Gasteiger partial charge is 0.497 e. The predicted molar refractivity (Wildman–Crippen MR) is 70.2 cm³/mol. The van der Waals surface area contributed by atoms with Crippen LogP contribution in [0, 0.1) is 5.92 Å². The topological polar surface area (TPSA) is 47.3 Å². The molecule has 1 aliphatic heterocycles. The summed E-state index contributed by atoms with van der Waals surface area (Å²) in [6.45, 7) is 0.855. The van der Waals surface area contributed by atoms with E-state index >= 15 is 0 Å². The average Bonchev–Trinajstić information content (AvgIpc) is 2.42. The van der Waals surface area contributed by atoms with Gasteiger partial charge in [0.15, 0.2) is 0 Å². The van der Waals surface area contributed by atoms with Crippen molar-refractivity contribution in [3.05, 3.63) is 11.8 Å². The van der Waals surface area contributed by atoms with Gasteiger partial charge in [0.2, 0.25) is 0 Å². The standard InChI is InChI=1S/C14H26N2O/c15-16-13(14-8-4-5-11-17-14)10-9-12-6-2-1-3-7-12/h8,12-13,16H,1-7,9-11,15H2. The van der Waals surface area contributed by atoms with Crippen LogP contribution in [0.2, 0.25) is 0 Å². The molecule has 0 aromatic carbocycles. The van der Waals surface area contributed by atoms with Crippen molar-refractivity contribution in [2.24, 2.45) is 11.8 Å². The fourth-order valence-corrected chi connectivity index (χ4v) is 3.01. The zero-order chi connectivity index (χ0) is 11.9. The molecule has 0 bridgehead atoms. The Kier molecular flexibility index (Phi) is 5.33. The van der Waals surface area contributed by atoms with Gasteiger partial charge in [-0.15, -0.1) is 0 Å². The number of hydrogen-bond donors (Lipinski definition) is 2. The maximum atomic E-state index is 5.69. The van der Waals surface area contributed by atoms with Crippen molar-refractivity contribution in [1.82, 2.24) is 5.43 Å². The summed E-state index contributed by atoms with van der Waals surface area (Å²) in [7, 11) is 0. The van der Waals surface area contributed by atoms with Crippen LogP contribution in [0.3, 0.4) is 0 Å². The van der Waals surface area contributed by atoms with Crippen LogP contribution in [-0.2, 0) is 4.74 Å². The number of ether oxygens (including phenoxy) is 1. The Bertz CT molecular complexity index is 247. The number of hydrogen-bond acceptors (Lipinski definition) is 3. The molecule has 1 atom stereocenters. The van der Waals surface area contributed by atoms with E-state index in [2.05, 4.69) is 11.5 Å². The van der Waals surface area contributed by atoms with Crippen LogP contribution < -0.4 is 11.3 Å². The van der Waals surface area contributed by atoms with Gasteiger partial charge in [-0.25, -0.2) is 5.43 Å². The molecule has 0 aromatic heterocycles. The second-order valence-corrected chi connectivity index (χ2v) is 5.40. The fourth-order valence-electron chi connectivity index (χ4n) is 3.01. The Morgan fingerprint density at radius 1 is 1.29 bits per heavy atom. The van der Waals surface area contributed by atoms with Gasteiger partial charge >= 0.3 is 0 Å². The SMILES string of the molecule is NNC(CCC1CCCCC1)C1=CCCCO1. The molecule has 0 spiro atoms. The lowest BCUT2D eigenvalue weighted by Crippen LogP contribution is -2.38. The van der Waals surface area contributed by atoms with Gasteiger partial charge in [-0.2, -0.15) is 0 Å². The molecule has 17 heavy (non-hydrogen) atoms. The molecule has 1 saturated carbocycles. The first-order valence-corrected chi connectivity index (χ1v) is 7.19. The van der Waals surface area contributed by atoms with E-state index in [-0.39, 0.29) is 6.04 Å². The molecule has 1 unspecified atom stereocenters. The molecule has 3 heteroatoms. The molecule has 3 nitrogen and oxygen atoms in total. The van der Waals surface area contributed by atoms with E-state index in [0.717, 1.165) is 37.5 Å². The summed E-state index contributed by atoms with van der Waals surface area (Å²) in [5.74, 6) is 7.65. The van der Waals surface area contributed by atoms with E-state index in [1.807, 2.05) is 0 Å². The van der Waals surface area contributed by atoms with E-state index < -0.39 is 0 Å². The first kappa shape index (κ1) is 12.9. The van der Waals surface area contributed by atoms with Gasteiger partial charge in [-0.05, 0) is 37.7 Å². The molecule has 98 valence electrons. The van der Waals surface area contributed by atoms with Crippen molar-refractivity contribution >= 4 is 0 Å². The molecule has 3 N–H and O–H groups in total. The summed E-state index contributed by atoms with van der Waals surface area (Å²) in [4.78, 5) is 0. The molecular weight excluding hydrogens is 212 g/mol. The van der Waals surface area contributed by atoms with Gasteiger partial charge in [-0.1, -0.05) is 32.1 Å². The highest BCUT2D eigenvalue weighted by atomic mass is 16.5. The van der Waals surface area contributed by atoms with Crippen LogP contribution in [0.25, 0.3) is 0 Å². The van der Waals surface area contributed by atoms with Gasteiger partial charge in [0.05, 0.1) is 12.6 Å². The summed E-state index contributed by atoms with van der Waals surface area (Å²) in [5, 5.41) is 0. The molecule has 0 aromatic rings. The normalized spacial score (nSPS) is 23.9. The Morgan fingerprint density at radius 3 is 2.76 bits per heavy atom. The highest BCUT2D eigenvalue weighted by molar-refractivity contribution is 5.04. The molecular formula is C14H26N2O. The zero-order valence-electron chi connectivity index (χ0n) is 10.8. The number of nitrogens with one attached hydrogen (secondary N) is 1. The monoisotopic (exact) mass is 238 g/mol. The van der Waals surface area contributed by atoms with Gasteiger partial charge in [0.1, 0.15) is 5.76 Å². The van der Waals surface area contributed by atoms with Crippen LogP contribution in [0.15, 0.2) is 11.8 Å². The number of nitrogens with two attached hydrogens (primary N) is 1. The first-order valence-electron chi connectivity index (χ1n) is 7.19. The highest BCUT2D eigenvalue weighted by Crippen LogP contribution is 2.28. The van der Waals surface area contributed by atoms with Gasteiger partial charge in [0, 0.05) is 0 Å². The van der Waals surface area contributed by atoms with Crippen molar-refractivity contribution in [3.63, 3.8) is 0 Å². The molecule has 2 aliphatic rings. The molecule has 1 heterocycles. The second kappa shape index (κ2) is 7.02. The quantitative estimate of drug-likeness (QED) is 0.572. The first-order chi connectivity index (χ1) is 8.40. The lowest BCUT2D eigenvalue weighted by molar-refractivity contribution is 0.161. The number of rotatable bonds is 5. The highest BCUT2D eigenvalue weighted by Gasteiger charge is 2.19. The van der Waals surface area contributed by atoms with Crippen molar-refractivity contribution in [3.8, 4) is 0 Å². The van der Waals surface area contributed by atoms with E-state index in [1.165, 1.54) is 38.5 Å². The minimum absolute atomic E-state index is 0.234. The van der Waals surface area contributed by atoms with Gasteiger partial charge in [-0.3, -0.25) is 5.84 Å². The Balaban J connectivity index is 1.76. The number of hydrazine groups is 1. The third-order valence-electron chi connectivity index (χ3n) is 4.10. The predicted octanol–water partition coefficient (Wildman–Crippen LogP) is 2.87. The molecule has 0 amide bonds. The van der Waals surface area contributed by atoms with E-state index in [0.29, 0.717) is 0 Å². The summed E-state index contributed by atoms with van der Waals surface area (Å²) < 4.78 is 5.69. The third kappa shape index (κ3) is 4.00. The summed E-state index contributed by atoms with van der Waals surface area (Å²) >= 11 is 0. The number of allylic oxidation sites excluding steroid dienone is 1. The Hall–Kier alpha value is -0.540. The molecule has 1 fully saturated rings. The second-order valence-electron chi connectivity index (χ2n) is 5.40. The Morgan fingerprint density at radius 2 is 2.12 bits per heavy atom. The molecule has 1 aliphatic carbocycles. The zero-order valence-corrected chi connectivity index (χ0v) is 10.8. The molecule has 0 radical (unpaired) electrons. The third-order valence-corrected chi connectivity index (χ3v) is 4.10. The summed E-state index contributed by atoms with van der Waals surface area (Å²) in [6, 6.07) is 0.234. The van der Waals surface area contributed by atoms with Crippen molar-refractivity contribution in [2.45, 2.75) is 63.8 Å². The Labute approximate surface area is 105 Å². The summed E-state index contributed by atoms with van der Waals surface area (Å²) in [6.07, 6.45) is 14.0. The minimum Gasteiger partial charge on any atom is -0.497 e. The van der Waals surface area contributed by atoms with Gasteiger partial charge in [0.25, 0.3) is 0 Å². The van der Waals surface area contributed by atoms with E-state index in [1.54, 1.807) is 0 Å². The van der Waals surface area contributed by atoms with Crippen LogP contribution in [0.4, 0.5) is 0 Å². The van der Waals surface area contributed by atoms with Crippen molar-refractivity contribution < 1.29 is 4.74 Å². The fraction of sp³-hybridized carbons (Fsp3) is 0.857. The smallest absolute Gasteiger partial charge is 0.110 e. The lowest BCUT2D eigenvalue weighted by Gasteiger charge is -2.26.